The zero-order valence-electron chi connectivity index (χ0n) is 13.2. The van der Waals surface area contributed by atoms with Crippen LogP contribution in [0.25, 0.3) is 21.9 Å². The molecule has 22 heavy (non-hydrogen) atoms. The number of fused-ring (bicyclic) bond motifs is 1. The van der Waals surface area contributed by atoms with Gasteiger partial charge in [-0.05, 0) is 39.6 Å². The van der Waals surface area contributed by atoms with Crippen molar-refractivity contribution in [2.24, 2.45) is 0 Å². The van der Waals surface area contributed by atoms with Gasteiger partial charge in [-0.2, -0.15) is 0 Å². The number of hydrogen-bond donors (Lipinski definition) is 0. The van der Waals surface area contributed by atoms with E-state index in [9.17, 15) is 9.90 Å². The van der Waals surface area contributed by atoms with Crippen molar-refractivity contribution in [1.82, 2.24) is 0 Å². The molecule has 0 aliphatic carbocycles. The fraction of sp³-hybridized carbons (Fsp3) is 0.105. The zero-order chi connectivity index (χ0) is 15.2. The summed E-state index contributed by atoms with van der Waals surface area (Å²) in [6.07, 6.45) is 0. The van der Waals surface area contributed by atoms with Crippen LogP contribution in [-0.4, -0.2) is 5.97 Å². The molecule has 0 aromatic heterocycles. The van der Waals surface area contributed by atoms with Crippen molar-refractivity contribution in [1.29, 1.82) is 0 Å². The minimum Gasteiger partial charge on any atom is -0.545 e. The van der Waals surface area contributed by atoms with Gasteiger partial charge in [0.15, 0.2) is 0 Å². The van der Waals surface area contributed by atoms with Crippen LogP contribution in [-0.2, 0) is 0 Å². The summed E-state index contributed by atoms with van der Waals surface area (Å²) in [6.45, 7) is 4.00. The summed E-state index contributed by atoms with van der Waals surface area (Å²) in [5.74, 6) is -1.14. The van der Waals surface area contributed by atoms with Crippen LogP contribution >= 0.6 is 0 Å². The quantitative estimate of drug-likeness (QED) is 0.660. The standard InChI is InChI=1S/C17H12O2.C2H6.Na/c18-17(19)16-9-8-14-10-13(6-7-15(14)11-16)12-4-2-1-3-5-12;1-2;/h1-11H,(H,18,19);1-2H3;/q;;+1/p-1. The first-order valence-electron chi connectivity index (χ1n) is 7.04. The molecule has 2 nitrogen and oxygen atoms in total. The molecule has 0 aliphatic heterocycles. The van der Waals surface area contributed by atoms with Gasteiger partial charge in [-0.15, -0.1) is 0 Å². The van der Waals surface area contributed by atoms with Gasteiger partial charge in [-0.25, -0.2) is 0 Å². The number of carboxylic acids is 1. The zero-order valence-corrected chi connectivity index (χ0v) is 15.2. The molecule has 0 bridgehead atoms. The van der Waals surface area contributed by atoms with E-state index in [1.54, 1.807) is 12.1 Å². The number of rotatable bonds is 2. The van der Waals surface area contributed by atoms with E-state index in [0.29, 0.717) is 0 Å². The summed E-state index contributed by atoms with van der Waals surface area (Å²) in [4.78, 5) is 10.8. The normalized spacial score (nSPS) is 9.36. The Hall–Kier alpha value is -1.61. The molecular formula is C19H17NaO2. The summed E-state index contributed by atoms with van der Waals surface area (Å²) in [5, 5.41) is 12.7. The van der Waals surface area contributed by atoms with Crippen LogP contribution in [0.2, 0.25) is 0 Å². The van der Waals surface area contributed by atoms with E-state index in [4.69, 9.17) is 0 Å². The third-order valence-corrected chi connectivity index (χ3v) is 3.18. The first-order valence-corrected chi connectivity index (χ1v) is 7.04. The second kappa shape index (κ2) is 8.74. The topological polar surface area (TPSA) is 40.1 Å². The molecule has 0 spiro atoms. The van der Waals surface area contributed by atoms with Crippen molar-refractivity contribution in [3.63, 3.8) is 0 Å². The Labute approximate surface area is 153 Å². The minimum absolute atomic E-state index is 0. The summed E-state index contributed by atoms with van der Waals surface area (Å²) in [7, 11) is 0. The minimum atomic E-state index is -1.14. The van der Waals surface area contributed by atoms with Crippen LogP contribution in [0, 0.1) is 0 Å². The number of benzene rings is 3. The van der Waals surface area contributed by atoms with Crippen LogP contribution in [0.15, 0.2) is 66.7 Å². The average Bonchev–Trinajstić information content (AvgIpc) is 2.56. The third-order valence-electron chi connectivity index (χ3n) is 3.18. The number of hydrogen-bond acceptors (Lipinski definition) is 2. The number of carbonyl (C=O) groups is 1. The molecule has 3 aromatic carbocycles. The van der Waals surface area contributed by atoms with Gasteiger partial charge in [0.05, 0.1) is 5.97 Å². The van der Waals surface area contributed by atoms with Crippen LogP contribution in [0.4, 0.5) is 0 Å². The molecule has 0 amide bonds. The maximum absolute atomic E-state index is 10.8. The van der Waals surface area contributed by atoms with E-state index in [1.165, 1.54) is 0 Å². The van der Waals surface area contributed by atoms with Crippen LogP contribution in [0.1, 0.15) is 24.2 Å². The van der Waals surface area contributed by atoms with Gasteiger partial charge < -0.3 is 9.90 Å². The predicted molar refractivity (Wildman–Crippen MR) is 85.1 cm³/mol. The second-order valence-corrected chi connectivity index (χ2v) is 4.43. The maximum atomic E-state index is 10.8. The molecule has 0 saturated heterocycles. The summed E-state index contributed by atoms with van der Waals surface area (Å²) < 4.78 is 0. The van der Waals surface area contributed by atoms with Crippen LogP contribution < -0.4 is 34.7 Å². The monoisotopic (exact) mass is 300 g/mol. The molecule has 3 aromatic rings. The number of carbonyl (C=O) groups excluding carboxylic acids is 1. The Morgan fingerprint density at radius 2 is 1.36 bits per heavy atom. The molecule has 0 N–H and O–H groups in total. The van der Waals surface area contributed by atoms with E-state index in [0.717, 1.165) is 21.9 Å². The summed E-state index contributed by atoms with van der Waals surface area (Å²) >= 11 is 0. The third kappa shape index (κ3) is 4.20. The Morgan fingerprint density at radius 3 is 2.00 bits per heavy atom. The predicted octanol–water partition coefficient (Wildman–Crippen LogP) is 0.900. The van der Waals surface area contributed by atoms with Crippen LogP contribution in [0.5, 0.6) is 0 Å². The smallest absolute Gasteiger partial charge is 0.545 e. The molecule has 0 saturated carbocycles. The van der Waals surface area contributed by atoms with Crippen molar-refractivity contribution in [2.75, 3.05) is 0 Å². The van der Waals surface area contributed by atoms with Gasteiger partial charge in [0.2, 0.25) is 0 Å². The van der Waals surface area contributed by atoms with Gasteiger partial charge in [0, 0.05) is 0 Å². The van der Waals surface area contributed by atoms with Crippen molar-refractivity contribution in [2.45, 2.75) is 13.8 Å². The van der Waals surface area contributed by atoms with E-state index < -0.39 is 5.97 Å². The molecule has 0 atom stereocenters. The molecule has 106 valence electrons. The Morgan fingerprint density at radius 1 is 0.773 bits per heavy atom. The van der Waals surface area contributed by atoms with Gasteiger partial charge in [-0.1, -0.05) is 68.4 Å². The molecular weight excluding hydrogens is 283 g/mol. The average molecular weight is 300 g/mol. The van der Waals surface area contributed by atoms with Crippen LogP contribution in [0.3, 0.4) is 0 Å². The SMILES string of the molecule is CC.O=C([O-])c1ccc2cc(-c3ccccc3)ccc2c1.[Na+]. The van der Waals surface area contributed by atoms with Crippen molar-refractivity contribution in [3.8, 4) is 11.1 Å². The van der Waals surface area contributed by atoms with Gasteiger partial charge >= 0.3 is 29.6 Å². The van der Waals surface area contributed by atoms with E-state index in [-0.39, 0.29) is 35.1 Å². The van der Waals surface area contributed by atoms with E-state index in [2.05, 4.69) is 18.2 Å². The van der Waals surface area contributed by atoms with Gasteiger partial charge in [0.25, 0.3) is 0 Å². The number of carboxylic acid groups (broad SMARTS) is 1. The Bertz CT molecular complexity index is 752. The fourth-order valence-corrected chi connectivity index (χ4v) is 2.18. The molecule has 0 fully saturated rings. The largest absolute Gasteiger partial charge is 1.00 e. The first kappa shape index (κ1) is 18.4. The molecule has 0 heterocycles. The maximum Gasteiger partial charge on any atom is 1.00 e. The molecule has 3 rings (SSSR count). The molecule has 3 heteroatoms. The second-order valence-electron chi connectivity index (χ2n) is 4.43. The summed E-state index contributed by atoms with van der Waals surface area (Å²) in [6, 6.07) is 21.1. The van der Waals surface area contributed by atoms with Crippen molar-refractivity contribution in [3.05, 3.63) is 72.3 Å². The Kier molecular flexibility index (Phi) is 7.33. The molecule has 0 unspecified atom stereocenters. The first-order chi connectivity index (χ1) is 10.2. The van der Waals surface area contributed by atoms with Crippen molar-refractivity contribution < 1.29 is 39.5 Å². The van der Waals surface area contributed by atoms with E-state index in [1.807, 2.05) is 50.2 Å². The Balaban J connectivity index is 0.000000775. The van der Waals surface area contributed by atoms with E-state index >= 15 is 0 Å². The van der Waals surface area contributed by atoms with Gasteiger partial charge in [-0.3, -0.25) is 0 Å². The summed E-state index contributed by atoms with van der Waals surface area (Å²) in [5.41, 5.74) is 2.47. The number of aromatic carboxylic acids is 1. The fourth-order valence-electron chi connectivity index (χ4n) is 2.18. The van der Waals surface area contributed by atoms with Gasteiger partial charge in [0.1, 0.15) is 0 Å². The molecule has 0 aliphatic rings. The van der Waals surface area contributed by atoms with Crippen molar-refractivity contribution >= 4 is 16.7 Å². The molecule has 0 radical (unpaired) electrons.